The van der Waals surface area contributed by atoms with Crippen molar-refractivity contribution in [2.45, 2.75) is 38.8 Å². The lowest BCUT2D eigenvalue weighted by Crippen LogP contribution is -2.41. The highest BCUT2D eigenvalue weighted by molar-refractivity contribution is 6.32. The van der Waals surface area contributed by atoms with Gasteiger partial charge in [-0.1, -0.05) is 11.6 Å². The number of halogens is 1. The maximum atomic E-state index is 12.2. The van der Waals surface area contributed by atoms with Gasteiger partial charge in [0.05, 0.1) is 18.2 Å². The first-order valence-corrected chi connectivity index (χ1v) is 10.2. The van der Waals surface area contributed by atoms with Gasteiger partial charge in [0, 0.05) is 38.3 Å². The van der Waals surface area contributed by atoms with E-state index in [1.165, 1.54) is 0 Å². The molecule has 2 aliphatic heterocycles. The Balaban J connectivity index is 1.54. The molecule has 0 spiro atoms. The maximum absolute atomic E-state index is 12.2. The van der Waals surface area contributed by atoms with Crippen LogP contribution in [0.3, 0.4) is 0 Å². The van der Waals surface area contributed by atoms with E-state index in [2.05, 4.69) is 18.7 Å². The van der Waals surface area contributed by atoms with Gasteiger partial charge < -0.3 is 19.3 Å². The van der Waals surface area contributed by atoms with Gasteiger partial charge in [0.2, 0.25) is 5.91 Å². The van der Waals surface area contributed by atoms with Crippen molar-refractivity contribution >= 4 is 23.6 Å². The van der Waals surface area contributed by atoms with Gasteiger partial charge >= 0.3 is 0 Å². The average molecular weight is 393 g/mol. The quantitative estimate of drug-likeness (QED) is 0.719. The molecule has 5 nitrogen and oxygen atoms in total. The van der Waals surface area contributed by atoms with Crippen molar-refractivity contribution < 1.29 is 14.3 Å². The Labute approximate surface area is 166 Å². The number of carbonyl (C=O) groups is 1. The topological polar surface area (TPSA) is 42.0 Å². The third kappa shape index (κ3) is 5.71. The minimum Gasteiger partial charge on any atom is -0.490 e. The third-order valence-electron chi connectivity index (χ3n) is 5.21. The van der Waals surface area contributed by atoms with E-state index in [1.54, 1.807) is 17.1 Å². The van der Waals surface area contributed by atoms with Gasteiger partial charge in [0.1, 0.15) is 11.9 Å². The summed E-state index contributed by atoms with van der Waals surface area (Å²) in [5.41, 5.74) is 0.820. The van der Waals surface area contributed by atoms with E-state index in [1.807, 2.05) is 18.2 Å². The Kier molecular flexibility index (Phi) is 7.16. The van der Waals surface area contributed by atoms with Crippen LogP contribution >= 0.6 is 11.6 Å². The molecule has 1 aromatic carbocycles. The number of benzene rings is 1. The van der Waals surface area contributed by atoms with Crippen LogP contribution in [0.5, 0.6) is 5.75 Å². The second-order valence-electron chi connectivity index (χ2n) is 7.40. The van der Waals surface area contributed by atoms with E-state index in [-0.39, 0.29) is 12.0 Å². The highest BCUT2D eigenvalue weighted by Gasteiger charge is 2.22. The second-order valence-corrected chi connectivity index (χ2v) is 7.81. The van der Waals surface area contributed by atoms with E-state index in [0.717, 1.165) is 37.2 Å². The summed E-state index contributed by atoms with van der Waals surface area (Å²) >= 11 is 6.40. The van der Waals surface area contributed by atoms with Crippen LogP contribution in [0.15, 0.2) is 24.3 Å². The summed E-state index contributed by atoms with van der Waals surface area (Å²) < 4.78 is 11.4. The van der Waals surface area contributed by atoms with Gasteiger partial charge in [-0.3, -0.25) is 4.79 Å². The molecule has 0 bridgehead atoms. The zero-order valence-electron chi connectivity index (χ0n) is 16.2. The number of piperidine rings is 1. The van der Waals surface area contributed by atoms with Gasteiger partial charge in [-0.05, 0) is 56.5 Å². The van der Waals surface area contributed by atoms with Crippen molar-refractivity contribution in [3.05, 3.63) is 34.9 Å². The lowest BCUT2D eigenvalue weighted by Gasteiger charge is -2.34. The molecule has 0 aromatic heterocycles. The number of hydrogen-bond acceptors (Lipinski definition) is 4. The van der Waals surface area contributed by atoms with E-state index >= 15 is 0 Å². The summed E-state index contributed by atoms with van der Waals surface area (Å²) in [7, 11) is 0. The first-order valence-electron chi connectivity index (χ1n) is 9.78. The van der Waals surface area contributed by atoms with Gasteiger partial charge in [0.15, 0.2) is 0 Å². The molecule has 0 radical (unpaired) electrons. The maximum Gasteiger partial charge on any atom is 0.246 e. The molecule has 0 unspecified atom stereocenters. The fourth-order valence-electron chi connectivity index (χ4n) is 3.47. The third-order valence-corrected chi connectivity index (χ3v) is 5.54. The molecule has 3 rings (SSSR count). The molecule has 27 heavy (non-hydrogen) atoms. The van der Waals surface area contributed by atoms with Crippen molar-refractivity contribution in [3.8, 4) is 5.75 Å². The van der Waals surface area contributed by atoms with Crippen LogP contribution in [-0.4, -0.2) is 67.2 Å². The number of carbonyl (C=O) groups excluding carboxylic acids is 1. The number of morpholine rings is 1. The Morgan fingerprint density at radius 2 is 1.93 bits per heavy atom. The predicted molar refractivity (Wildman–Crippen MR) is 108 cm³/mol. The fraction of sp³-hybridized carbons (Fsp3) is 0.571. The van der Waals surface area contributed by atoms with E-state index in [4.69, 9.17) is 21.1 Å². The molecule has 6 heteroatoms. The normalized spacial score (nSPS) is 19.8. The molecule has 2 aliphatic rings. The molecule has 1 aromatic rings. The lowest BCUT2D eigenvalue weighted by molar-refractivity contribution is -0.129. The first-order chi connectivity index (χ1) is 13.0. The number of likely N-dealkylation sites (tertiary alicyclic amines) is 1. The molecule has 2 fully saturated rings. The van der Waals surface area contributed by atoms with E-state index in [9.17, 15) is 4.79 Å². The lowest BCUT2D eigenvalue weighted by atomic mass is 10.1. The fourth-order valence-corrected chi connectivity index (χ4v) is 3.70. The number of amides is 1. The van der Waals surface area contributed by atoms with Crippen LogP contribution in [-0.2, 0) is 9.53 Å². The predicted octanol–water partition coefficient (Wildman–Crippen LogP) is 3.46. The van der Waals surface area contributed by atoms with Crippen LogP contribution in [0.4, 0.5) is 0 Å². The van der Waals surface area contributed by atoms with Crippen molar-refractivity contribution in [1.82, 2.24) is 9.80 Å². The molecule has 0 atom stereocenters. The highest BCUT2D eigenvalue weighted by atomic mass is 35.5. The smallest absolute Gasteiger partial charge is 0.246 e. The number of nitrogens with zero attached hydrogens (tertiary/aromatic N) is 2. The van der Waals surface area contributed by atoms with Gasteiger partial charge in [-0.2, -0.15) is 0 Å². The Morgan fingerprint density at radius 1 is 1.22 bits per heavy atom. The van der Waals surface area contributed by atoms with Crippen LogP contribution in [0, 0.1) is 0 Å². The summed E-state index contributed by atoms with van der Waals surface area (Å²) in [6.07, 6.45) is 5.65. The van der Waals surface area contributed by atoms with Gasteiger partial charge in [-0.25, -0.2) is 0 Å². The van der Waals surface area contributed by atoms with Crippen molar-refractivity contribution in [1.29, 1.82) is 0 Å². The molecule has 2 saturated heterocycles. The summed E-state index contributed by atoms with van der Waals surface area (Å²) in [6, 6.07) is 6.27. The molecule has 0 N–H and O–H groups in total. The number of hydrogen-bond donors (Lipinski definition) is 0. The molecule has 2 heterocycles. The molecule has 1 amide bonds. The zero-order chi connectivity index (χ0) is 19.2. The highest BCUT2D eigenvalue weighted by Crippen LogP contribution is 2.26. The summed E-state index contributed by atoms with van der Waals surface area (Å²) in [4.78, 5) is 16.5. The standard InChI is InChI=1S/C21H29ClN2O3/c1-16(2)23-9-7-18(8-10-23)27-19-5-3-17(20(22)15-19)4-6-21(25)24-11-13-26-14-12-24/h3-6,15-16,18H,7-14H2,1-2H3. The second kappa shape index (κ2) is 9.58. The summed E-state index contributed by atoms with van der Waals surface area (Å²) in [6.45, 7) is 9.08. The van der Waals surface area contributed by atoms with Gasteiger partial charge in [0.25, 0.3) is 0 Å². The largest absolute Gasteiger partial charge is 0.490 e. The Morgan fingerprint density at radius 3 is 2.56 bits per heavy atom. The molecule has 0 aliphatic carbocycles. The zero-order valence-corrected chi connectivity index (χ0v) is 17.0. The molecule has 0 saturated carbocycles. The van der Waals surface area contributed by atoms with Crippen LogP contribution in [0.2, 0.25) is 5.02 Å². The van der Waals surface area contributed by atoms with Crippen LogP contribution in [0.1, 0.15) is 32.3 Å². The summed E-state index contributed by atoms with van der Waals surface area (Å²) in [5, 5.41) is 0.596. The van der Waals surface area contributed by atoms with Crippen molar-refractivity contribution in [2.75, 3.05) is 39.4 Å². The number of rotatable bonds is 5. The van der Waals surface area contributed by atoms with Crippen molar-refractivity contribution in [2.24, 2.45) is 0 Å². The van der Waals surface area contributed by atoms with Crippen molar-refractivity contribution in [3.63, 3.8) is 0 Å². The first kappa shape index (κ1) is 20.2. The van der Waals surface area contributed by atoms with E-state index in [0.29, 0.717) is 37.4 Å². The minimum atomic E-state index is -0.00777. The number of ether oxygens (including phenoxy) is 2. The molecule has 148 valence electrons. The van der Waals surface area contributed by atoms with Gasteiger partial charge in [-0.15, -0.1) is 0 Å². The molecular formula is C21H29ClN2O3. The van der Waals surface area contributed by atoms with Crippen LogP contribution < -0.4 is 4.74 Å². The summed E-state index contributed by atoms with van der Waals surface area (Å²) in [5.74, 6) is 0.784. The van der Waals surface area contributed by atoms with E-state index < -0.39 is 0 Å². The minimum absolute atomic E-state index is 0.00777. The average Bonchev–Trinajstić information content (AvgIpc) is 2.68. The Bertz CT molecular complexity index is 663. The monoisotopic (exact) mass is 392 g/mol. The van der Waals surface area contributed by atoms with Crippen LogP contribution in [0.25, 0.3) is 6.08 Å². The SMILES string of the molecule is CC(C)N1CCC(Oc2ccc(C=CC(=O)N3CCOCC3)c(Cl)c2)CC1. The Hall–Kier alpha value is -1.56. The molecular weight excluding hydrogens is 364 g/mol.